The molecule has 0 bridgehead atoms. The molecule has 2 aromatic rings. The van der Waals surface area contributed by atoms with Gasteiger partial charge in [-0.05, 0) is 61.7 Å². The number of nitrogen functional groups attached to an aromatic ring is 1. The largest absolute Gasteiger partial charge is 0.399 e. The number of hydrogen-bond donors (Lipinski definition) is 2. The van der Waals surface area contributed by atoms with Gasteiger partial charge < -0.3 is 11.1 Å². The number of nitrogens with two attached hydrogens (primary N) is 1. The summed E-state index contributed by atoms with van der Waals surface area (Å²) in [6, 6.07) is 9.25. The molecule has 0 spiro atoms. The maximum atomic E-state index is 12.8. The minimum atomic E-state index is -0.321. The molecular weight excluding hydrogens is 391 g/mol. The number of halogens is 3. The lowest BCUT2D eigenvalue weighted by molar-refractivity contribution is -0.115. The van der Waals surface area contributed by atoms with Gasteiger partial charge in [0.2, 0.25) is 5.91 Å². The van der Waals surface area contributed by atoms with Gasteiger partial charge in [0.25, 0.3) is 0 Å². The molecule has 0 unspecified atom stereocenters. The van der Waals surface area contributed by atoms with Gasteiger partial charge in [-0.1, -0.05) is 12.1 Å². The fourth-order valence-electron chi connectivity index (χ4n) is 1.68. The third-order valence-electron chi connectivity index (χ3n) is 2.61. The van der Waals surface area contributed by atoms with Crippen molar-refractivity contribution in [1.29, 1.82) is 0 Å². The predicted octanol–water partition coefficient (Wildman–Crippen LogP) is 4.11. The van der Waals surface area contributed by atoms with E-state index in [0.29, 0.717) is 20.3 Å². The first-order chi connectivity index (χ1) is 9.45. The summed E-state index contributed by atoms with van der Waals surface area (Å²) in [6.45, 7) is 0. The molecule has 20 heavy (non-hydrogen) atoms. The highest BCUT2D eigenvalue weighted by Crippen LogP contribution is 2.33. The Kier molecular flexibility index (Phi) is 4.77. The first kappa shape index (κ1) is 15.0. The van der Waals surface area contributed by atoms with Crippen molar-refractivity contribution < 1.29 is 9.18 Å². The van der Waals surface area contributed by atoms with Gasteiger partial charge in [-0.3, -0.25) is 4.79 Å². The van der Waals surface area contributed by atoms with Crippen LogP contribution in [0.1, 0.15) is 5.56 Å². The van der Waals surface area contributed by atoms with Crippen molar-refractivity contribution in [1.82, 2.24) is 0 Å². The maximum Gasteiger partial charge on any atom is 0.228 e. The molecule has 0 heterocycles. The number of amides is 1. The normalized spacial score (nSPS) is 10.3. The average Bonchev–Trinajstić information content (AvgIpc) is 2.36. The van der Waals surface area contributed by atoms with Crippen molar-refractivity contribution in [3.63, 3.8) is 0 Å². The number of benzene rings is 2. The Morgan fingerprint density at radius 1 is 1.15 bits per heavy atom. The summed E-state index contributed by atoms with van der Waals surface area (Å²) >= 11 is 6.69. The minimum Gasteiger partial charge on any atom is -0.399 e. The van der Waals surface area contributed by atoms with Crippen LogP contribution >= 0.6 is 31.9 Å². The topological polar surface area (TPSA) is 55.1 Å². The van der Waals surface area contributed by atoms with Crippen LogP contribution in [0.4, 0.5) is 15.8 Å². The molecule has 0 aromatic heterocycles. The number of nitrogens with one attached hydrogen (secondary N) is 1. The Balaban J connectivity index is 2.10. The van der Waals surface area contributed by atoms with E-state index in [1.54, 1.807) is 24.3 Å². The van der Waals surface area contributed by atoms with E-state index in [9.17, 15) is 9.18 Å². The van der Waals surface area contributed by atoms with E-state index in [1.807, 2.05) is 0 Å². The third-order valence-corrected chi connectivity index (χ3v) is 3.86. The van der Waals surface area contributed by atoms with E-state index in [0.717, 1.165) is 5.56 Å². The van der Waals surface area contributed by atoms with Crippen LogP contribution in [-0.2, 0) is 11.2 Å². The summed E-state index contributed by atoms with van der Waals surface area (Å²) < 4.78 is 14.2. The van der Waals surface area contributed by atoms with Crippen LogP contribution < -0.4 is 11.1 Å². The van der Waals surface area contributed by atoms with E-state index in [-0.39, 0.29) is 18.1 Å². The summed E-state index contributed by atoms with van der Waals surface area (Å²) in [5, 5.41) is 2.79. The number of hydrogen-bond acceptors (Lipinski definition) is 2. The summed E-state index contributed by atoms with van der Waals surface area (Å²) in [7, 11) is 0. The Morgan fingerprint density at radius 3 is 2.25 bits per heavy atom. The van der Waals surface area contributed by atoms with Gasteiger partial charge in [0.15, 0.2) is 0 Å². The predicted molar refractivity (Wildman–Crippen MR) is 85.0 cm³/mol. The molecule has 0 fully saturated rings. The fourth-order valence-corrected chi connectivity index (χ4v) is 3.10. The molecule has 0 atom stereocenters. The van der Waals surface area contributed by atoms with Crippen molar-refractivity contribution in [3.8, 4) is 0 Å². The first-order valence-corrected chi connectivity index (χ1v) is 7.33. The van der Waals surface area contributed by atoms with Gasteiger partial charge in [0.05, 0.1) is 12.1 Å². The molecule has 0 aliphatic heterocycles. The van der Waals surface area contributed by atoms with E-state index in [4.69, 9.17) is 5.73 Å². The molecule has 0 radical (unpaired) electrons. The lowest BCUT2D eigenvalue weighted by Crippen LogP contribution is -2.15. The Labute approximate surface area is 132 Å². The lowest BCUT2D eigenvalue weighted by Gasteiger charge is -2.10. The number of carbonyl (C=O) groups is 1. The van der Waals surface area contributed by atoms with Crippen molar-refractivity contribution in [3.05, 3.63) is 56.7 Å². The summed E-state index contributed by atoms with van der Waals surface area (Å²) in [6.07, 6.45) is 0.170. The second-order valence-corrected chi connectivity index (χ2v) is 5.92. The number of rotatable bonds is 3. The highest BCUT2D eigenvalue weighted by molar-refractivity contribution is 9.11. The molecule has 104 valence electrons. The van der Waals surface area contributed by atoms with Gasteiger partial charge in [-0.15, -0.1) is 0 Å². The second-order valence-electron chi connectivity index (χ2n) is 4.21. The molecule has 0 aliphatic rings. The molecule has 2 aromatic carbocycles. The molecule has 3 N–H and O–H groups in total. The van der Waals surface area contributed by atoms with Crippen molar-refractivity contribution in [2.75, 3.05) is 11.1 Å². The highest BCUT2D eigenvalue weighted by Gasteiger charge is 2.11. The van der Waals surface area contributed by atoms with Crippen LogP contribution in [0.25, 0.3) is 0 Å². The standard InChI is InChI=1S/C14H11Br2FN2O/c15-11-6-10(18)7-12(16)14(11)19-13(20)5-8-1-3-9(17)4-2-8/h1-4,6-7H,5,18H2,(H,19,20). The summed E-state index contributed by atoms with van der Waals surface area (Å²) in [5.74, 6) is -0.513. The molecule has 3 nitrogen and oxygen atoms in total. The van der Waals surface area contributed by atoms with E-state index < -0.39 is 0 Å². The third kappa shape index (κ3) is 3.80. The smallest absolute Gasteiger partial charge is 0.228 e. The molecule has 0 saturated heterocycles. The lowest BCUT2D eigenvalue weighted by atomic mass is 10.1. The number of anilines is 2. The van der Waals surface area contributed by atoms with Gasteiger partial charge in [0.1, 0.15) is 5.82 Å². The zero-order valence-electron chi connectivity index (χ0n) is 10.3. The zero-order valence-corrected chi connectivity index (χ0v) is 13.5. The van der Waals surface area contributed by atoms with Crippen molar-refractivity contribution in [2.24, 2.45) is 0 Å². The monoisotopic (exact) mass is 400 g/mol. The molecule has 2 rings (SSSR count). The quantitative estimate of drug-likeness (QED) is 0.760. The molecule has 6 heteroatoms. The Hall–Kier alpha value is -1.40. The highest BCUT2D eigenvalue weighted by atomic mass is 79.9. The second kappa shape index (κ2) is 6.37. The van der Waals surface area contributed by atoms with Crippen molar-refractivity contribution in [2.45, 2.75) is 6.42 Å². The van der Waals surface area contributed by atoms with E-state index >= 15 is 0 Å². The number of carbonyl (C=O) groups excluding carboxylic acids is 1. The van der Waals surface area contributed by atoms with Crippen LogP contribution in [0.5, 0.6) is 0 Å². The minimum absolute atomic E-state index is 0.170. The molecular formula is C14H11Br2FN2O. The van der Waals surface area contributed by atoms with Crippen LogP contribution in [-0.4, -0.2) is 5.91 Å². The van der Waals surface area contributed by atoms with Crippen LogP contribution in [0.3, 0.4) is 0 Å². The average molecular weight is 402 g/mol. The summed E-state index contributed by atoms with van der Waals surface area (Å²) in [5.41, 5.74) is 7.63. The van der Waals surface area contributed by atoms with E-state index in [2.05, 4.69) is 37.2 Å². The van der Waals surface area contributed by atoms with Gasteiger partial charge in [-0.25, -0.2) is 4.39 Å². The maximum absolute atomic E-state index is 12.8. The summed E-state index contributed by atoms with van der Waals surface area (Å²) in [4.78, 5) is 12.0. The Morgan fingerprint density at radius 2 is 1.70 bits per heavy atom. The zero-order chi connectivity index (χ0) is 14.7. The van der Waals surface area contributed by atoms with Crippen LogP contribution in [0.15, 0.2) is 45.3 Å². The van der Waals surface area contributed by atoms with Gasteiger partial charge >= 0.3 is 0 Å². The fraction of sp³-hybridized carbons (Fsp3) is 0.0714. The SMILES string of the molecule is Nc1cc(Br)c(NC(=O)Cc2ccc(F)cc2)c(Br)c1. The van der Waals surface area contributed by atoms with E-state index in [1.165, 1.54) is 12.1 Å². The van der Waals surface area contributed by atoms with Crippen molar-refractivity contribution >= 4 is 49.1 Å². The van der Waals surface area contributed by atoms with Crippen LogP contribution in [0, 0.1) is 5.82 Å². The molecule has 1 amide bonds. The van der Waals surface area contributed by atoms with Gasteiger partial charge in [0, 0.05) is 14.6 Å². The molecule has 0 saturated carbocycles. The van der Waals surface area contributed by atoms with Gasteiger partial charge in [-0.2, -0.15) is 0 Å². The van der Waals surface area contributed by atoms with Crippen LogP contribution in [0.2, 0.25) is 0 Å². The Bertz CT molecular complexity index is 621. The first-order valence-electron chi connectivity index (χ1n) is 5.74. The molecule has 0 aliphatic carbocycles.